The van der Waals surface area contributed by atoms with Crippen LogP contribution < -0.4 is 4.90 Å². The van der Waals surface area contributed by atoms with Crippen molar-refractivity contribution < 1.29 is 4.90 Å². The lowest BCUT2D eigenvalue weighted by atomic mass is 10.4. The van der Waals surface area contributed by atoms with Crippen LogP contribution in [-0.4, -0.2) is 19.6 Å². The van der Waals surface area contributed by atoms with Crippen LogP contribution in [-0.2, 0) is 0 Å². The molecular weight excluding hydrogens is 178 g/mol. The first-order valence-electron chi connectivity index (χ1n) is 3.46. The molecule has 0 saturated carbocycles. The predicted octanol–water partition coefficient (Wildman–Crippen LogP) is 0.574. The molecule has 0 unspecified atom stereocenters. The molecule has 0 atom stereocenters. The Hall–Kier alpha value is 0.180. The largest absolute Gasteiger partial charge is 0.331 e. The quantitative estimate of drug-likeness (QED) is 0.651. The van der Waals surface area contributed by atoms with E-state index < -0.39 is 0 Å². The summed E-state index contributed by atoms with van der Waals surface area (Å²) in [5, 5.41) is 0. The third-order valence-corrected chi connectivity index (χ3v) is 2.03. The maximum atomic E-state index is 3.81. The summed E-state index contributed by atoms with van der Waals surface area (Å²) < 4.78 is 1.14. The van der Waals surface area contributed by atoms with Gasteiger partial charge >= 0.3 is 0 Å². The molecule has 1 fully saturated rings. The molecule has 1 saturated heterocycles. The van der Waals surface area contributed by atoms with Crippen LogP contribution in [0.25, 0.3) is 0 Å². The van der Waals surface area contributed by atoms with Crippen molar-refractivity contribution in [2.24, 2.45) is 0 Å². The van der Waals surface area contributed by atoms with Gasteiger partial charge in [-0.3, -0.25) is 0 Å². The van der Waals surface area contributed by atoms with Gasteiger partial charge in [0.1, 0.15) is 6.54 Å². The van der Waals surface area contributed by atoms with E-state index in [2.05, 4.69) is 22.5 Å². The second-order valence-electron chi connectivity index (χ2n) is 2.65. The Bertz CT molecular complexity index is 105. The van der Waals surface area contributed by atoms with Gasteiger partial charge in [0.15, 0.2) is 0 Å². The van der Waals surface area contributed by atoms with Crippen LogP contribution in [0.15, 0.2) is 11.1 Å². The van der Waals surface area contributed by atoms with Gasteiger partial charge in [-0.25, -0.2) is 0 Å². The maximum Gasteiger partial charge on any atom is 0.109 e. The number of likely N-dealkylation sites (tertiary alicyclic amines) is 1. The van der Waals surface area contributed by atoms with Gasteiger partial charge in [-0.05, 0) is 0 Å². The number of halogens is 1. The summed E-state index contributed by atoms with van der Waals surface area (Å²) in [6.45, 7) is 7.60. The van der Waals surface area contributed by atoms with Crippen molar-refractivity contribution in [3.63, 3.8) is 0 Å². The van der Waals surface area contributed by atoms with E-state index in [0.717, 1.165) is 11.0 Å². The van der Waals surface area contributed by atoms with Crippen LogP contribution in [0.2, 0.25) is 0 Å². The van der Waals surface area contributed by atoms with Crippen LogP contribution >= 0.6 is 15.9 Å². The Kier molecular flexibility index (Phi) is 2.73. The van der Waals surface area contributed by atoms with Crippen LogP contribution in [0.5, 0.6) is 0 Å². The molecule has 52 valence electrons. The van der Waals surface area contributed by atoms with E-state index in [1.165, 1.54) is 25.9 Å². The molecule has 0 aliphatic carbocycles. The minimum atomic E-state index is 1.11. The van der Waals surface area contributed by atoms with Gasteiger partial charge in [-0.15, -0.1) is 0 Å². The summed E-state index contributed by atoms with van der Waals surface area (Å²) in [5.41, 5.74) is 0. The molecular formula is C7H13BrN+. The zero-order valence-corrected chi connectivity index (χ0v) is 7.21. The maximum absolute atomic E-state index is 3.81. The molecule has 2 heteroatoms. The standard InChI is InChI=1S/C7H12BrN/c1-7(8)6-9-4-2-3-5-9/h1-6H2/p+1. The van der Waals surface area contributed by atoms with Crippen molar-refractivity contribution in [1.29, 1.82) is 0 Å². The number of quaternary nitrogens is 1. The molecule has 1 rings (SSSR count). The summed E-state index contributed by atoms with van der Waals surface area (Å²) in [7, 11) is 0. The first kappa shape index (κ1) is 7.29. The van der Waals surface area contributed by atoms with Crippen molar-refractivity contribution in [1.82, 2.24) is 0 Å². The zero-order chi connectivity index (χ0) is 6.69. The lowest BCUT2D eigenvalue weighted by Gasteiger charge is -2.09. The zero-order valence-electron chi connectivity index (χ0n) is 5.62. The second kappa shape index (κ2) is 3.37. The molecule has 9 heavy (non-hydrogen) atoms. The van der Waals surface area contributed by atoms with Gasteiger partial charge in [0.05, 0.1) is 13.1 Å². The first-order valence-corrected chi connectivity index (χ1v) is 4.25. The second-order valence-corrected chi connectivity index (χ2v) is 3.77. The molecule has 0 bridgehead atoms. The topological polar surface area (TPSA) is 4.44 Å². The van der Waals surface area contributed by atoms with Gasteiger partial charge in [-0.2, -0.15) is 0 Å². The molecule has 1 heterocycles. The van der Waals surface area contributed by atoms with Gasteiger partial charge in [0, 0.05) is 17.3 Å². The summed E-state index contributed by atoms with van der Waals surface area (Å²) in [5.74, 6) is 0. The Morgan fingerprint density at radius 3 is 2.44 bits per heavy atom. The normalized spacial score (nSPS) is 20.6. The predicted molar refractivity (Wildman–Crippen MR) is 42.9 cm³/mol. The number of hydrogen-bond donors (Lipinski definition) is 1. The molecule has 0 aromatic carbocycles. The fraction of sp³-hybridized carbons (Fsp3) is 0.714. The highest BCUT2D eigenvalue weighted by Gasteiger charge is 2.14. The smallest absolute Gasteiger partial charge is 0.109 e. The highest BCUT2D eigenvalue weighted by molar-refractivity contribution is 9.11. The summed E-state index contributed by atoms with van der Waals surface area (Å²) in [4.78, 5) is 1.68. The third kappa shape index (κ3) is 2.50. The molecule has 1 nitrogen and oxygen atoms in total. The Balaban J connectivity index is 2.19. The van der Waals surface area contributed by atoms with Crippen molar-refractivity contribution >= 4 is 15.9 Å². The van der Waals surface area contributed by atoms with E-state index in [1.807, 2.05) is 0 Å². The van der Waals surface area contributed by atoms with E-state index in [1.54, 1.807) is 4.90 Å². The van der Waals surface area contributed by atoms with Gasteiger partial charge < -0.3 is 4.90 Å². The van der Waals surface area contributed by atoms with E-state index in [-0.39, 0.29) is 0 Å². The molecule has 1 aliphatic heterocycles. The molecule has 1 aliphatic rings. The Labute approximate surface area is 64.9 Å². The summed E-state index contributed by atoms with van der Waals surface area (Å²) in [6, 6.07) is 0. The Morgan fingerprint density at radius 2 is 2.00 bits per heavy atom. The van der Waals surface area contributed by atoms with Crippen LogP contribution in [0.3, 0.4) is 0 Å². The third-order valence-electron chi connectivity index (χ3n) is 1.75. The van der Waals surface area contributed by atoms with Crippen LogP contribution in [0.1, 0.15) is 12.8 Å². The van der Waals surface area contributed by atoms with Gasteiger partial charge in [0.2, 0.25) is 0 Å². The average Bonchev–Trinajstić information content (AvgIpc) is 2.15. The highest BCUT2D eigenvalue weighted by atomic mass is 79.9. The monoisotopic (exact) mass is 190 g/mol. The minimum absolute atomic E-state index is 1.11. The number of hydrogen-bond acceptors (Lipinski definition) is 0. The molecule has 0 radical (unpaired) electrons. The van der Waals surface area contributed by atoms with Gasteiger partial charge in [0.25, 0.3) is 0 Å². The van der Waals surface area contributed by atoms with Crippen LogP contribution in [0, 0.1) is 0 Å². The van der Waals surface area contributed by atoms with Gasteiger partial charge in [-0.1, -0.05) is 22.5 Å². The molecule has 0 amide bonds. The average molecular weight is 191 g/mol. The fourth-order valence-corrected chi connectivity index (χ4v) is 1.72. The SMILES string of the molecule is C=C(Br)C[NH+]1CCCC1. The van der Waals surface area contributed by atoms with E-state index in [4.69, 9.17) is 0 Å². The summed E-state index contributed by atoms with van der Waals surface area (Å²) in [6.07, 6.45) is 2.80. The fourth-order valence-electron chi connectivity index (χ4n) is 1.32. The molecule has 0 spiro atoms. The number of nitrogens with one attached hydrogen (secondary N) is 1. The summed E-state index contributed by atoms with van der Waals surface area (Å²) >= 11 is 3.37. The molecule has 1 N–H and O–H groups in total. The van der Waals surface area contributed by atoms with Crippen molar-refractivity contribution in [2.75, 3.05) is 19.6 Å². The first-order chi connectivity index (χ1) is 4.29. The highest BCUT2D eigenvalue weighted by Crippen LogP contribution is 1.96. The van der Waals surface area contributed by atoms with Crippen molar-refractivity contribution in [3.8, 4) is 0 Å². The minimum Gasteiger partial charge on any atom is -0.331 e. The lowest BCUT2D eigenvalue weighted by Crippen LogP contribution is -3.10. The van der Waals surface area contributed by atoms with E-state index in [0.29, 0.717) is 0 Å². The van der Waals surface area contributed by atoms with E-state index in [9.17, 15) is 0 Å². The van der Waals surface area contributed by atoms with Crippen molar-refractivity contribution in [3.05, 3.63) is 11.1 Å². The number of rotatable bonds is 2. The lowest BCUT2D eigenvalue weighted by molar-refractivity contribution is -0.881. The van der Waals surface area contributed by atoms with Crippen molar-refractivity contribution in [2.45, 2.75) is 12.8 Å². The molecule has 0 aromatic rings. The van der Waals surface area contributed by atoms with Crippen LogP contribution in [0.4, 0.5) is 0 Å². The van der Waals surface area contributed by atoms with E-state index >= 15 is 0 Å². The molecule has 0 aromatic heterocycles. The Morgan fingerprint density at radius 1 is 1.44 bits per heavy atom.